The van der Waals surface area contributed by atoms with Gasteiger partial charge in [0.1, 0.15) is 5.82 Å². The number of anilines is 1. The molecular weight excluding hydrogens is 345 g/mol. The highest BCUT2D eigenvalue weighted by atomic mass is 35.5. The van der Waals surface area contributed by atoms with E-state index in [0.717, 1.165) is 12.8 Å². The van der Waals surface area contributed by atoms with Gasteiger partial charge in [0, 0.05) is 27.9 Å². The Kier molecular flexibility index (Phi) is 4.90. The van der Waals surface area contributed by atoms with Gasteiger partial charge in [0.2, 0.25) is 0 Å². The van der Waals surface area contributed by atoms with Crippen LogP contribution >= 0.6 is 11.6 Å². The van der Waals surface area contributed by atoms with Gasteiger partial charge in [-0.15, -0.1) is 0 Å². The molecular formula is C18H17ClFN3O2. The lowest BCUT2D eigenvalue weighted by molar-refractivity contribution is 0.0728. The van der Waals surface area contributed by atoms with Crippen molar-refractivity contribution >= 4 is 29.2 Å². The predicted molar refractivity (Wildman–Crippen MR) is 94.0 cm³/mol. The molecule has 0 heterocycles. The molecule has 3 amide bonds. The van der Waals surface area contributed by atoms with E-state index in [-0.39, 0.29) is 18.5 Å². The number of rotatable bonds is 5. The summed E-state index contributed by atoms with van der Waals surface area (Å²) in [5, 5.41) is 2.73. The molecule has 0 spiro atoms. The fourth-order valence-electron chi connectivity index (χ4n) is 2.64. The summed E-state index contributed by atoms with van der Waals surface area (Å²) in [6.07, 6.45) is 1.74. The van der Waals surface area contributed by atoms with Crippen LogP contribution in [0.5, 0.6) is 0 Å². The van der Waals surface area contributed by atoms with Crippen molar-refractivity contribution in [3.05, 3.63) is 64.4 Å². The molecule has 130 valence electrons. The summed E-state index contributed by atoms with van der Waals surface area (Å²) >= 11 is 6.09. The number of urea groups is 1. The molecule has 1 aliphatic carbocycles. The van der Waals surface area contributed by atoms with Crippen molar-refractivity contribution in [2.24, 2.45) is 5.73 Å². The first-order chi connectivity index (χ1) is 12.0. The quantitative estimate of drug-likeness (QED) is 0.850. The maximum Gasteiger partial charge on any atom is 0.316 e. The molecule has 5 nitrogen and oxygen atoms in total. The van der Waals surface area contributed by atoms with Crippen molar-refractivity contribution in [2.45, 2.75) is 25.4 Å². The van der Waals surface area contributed by atoms with Gasteiger partial charge in [-0.05, 0) is 43.2 Å². The number of halogens is 2. The summed E-state index contributed by atoms with van der Waals surface area (Å²) in [7, 11) is 0. The molecule has 2 aromatic carbocycles. The predicted octanol–water partition coefficient (Wildman–Crippen LogP) is 3.77. The maximum atomic E-state index is 14.1. The number of benzene rings is 2. The van der Waals surface area contributed by atoms with E-state index in [9.17, 15) is 14.0 Å². The van der Waals surface area contributed by atoms with Crippen molar-refractivity contribution in [3.63, 3.8) is 0 Å². The number of nitrogens with zero attached hydrogens (tertiary/aromatic N) is 1. The smallest absolute Gasteiger partial charge is 0.316 e. The summed E-state index contributed by atoms with van der Waals surface area (Å²) in [5.41, 5.74) is 6.23. The van der Waals surface area contributed by atoms with Crippen LogP contribution in [0.15, 0.2) is 42.5 Å². The molecule has 0 atom stereocenters. The summed E-state index contributed by atoms with van der Waals surface area (Å²) in [5.74, 6) is -0.676. The molecule has 1 aliphatic rings. The highest BCUT2D eigenvalue weighted by molar-refractivity contribution is 6.31. The zero-order valence-corrected chi connectivity index (χ0v) is 14.1. The van der Waals surface area contributed by atoms with E-state index in [0.29, 0.717) is 21.8 Å². The molecule has 0 unspecified atom stereocenters. The SMILES string of the molecule is NC(=O)Nc1cccc(C(=O)N(Cc2c(F)cccc2Cl)C2CC2)c1. The third-order valence-electron chi connectivity index (χ3n) is 4.02. The van der Waals surface area contributed by atoms with Crippen LogP contribution in [-0.4, -0.2) is 22.9 Å². The number of hydrogen-bond acceptors (Lipinski definition) is 2. The van der Waals surface area contributed by atoms with E-state index in [1.807, 2.05) is 0 Å². The van der Waals surface area contributed by atoms with Crippen LogP contribution in [0.25, 0.3) is 0 Å². The molecule has 1 fully saturated rings. The van der Waals surface area contributed by atoms with Gasteiger partial charge < -0.3 is 16.0 Å². The van der Waals surface area contributed by atoms with Crippen LogP contribution in [0.3, 0.4) is 0 Å². The normalized spacial score (nSPS) is 13.4. The Morgan fingerprint density at radius 1 is 1.24 bits per heavy atom. The van der Waals surface area contributed by atoms with E-state index in [1.54, 1.807) is 35.2 Å². The molecule has 0 radical (unpaired) electrons. The van der Waals surface area contributed by atoms with Gasteiger partial charge in [0.15, 0.2) is 0 Å². The van der Waals surface area contributed by atoms with E-state index >= 15 is 0 Å². The van der Waals surface area contributed by atoms with E-state index < -0.39 is 11.8 Å². The summed E-state index contributed by atoms with van der Waals surface area (Å²) in [4.78, 5) is 25.5. The summed E-state index contributed by atoms with van der Waals surface area (Å²) in [6, 6.07) is 10.3. The molecule has 3 N–H and O–H groups in total. The number of nitrogens with two attached hydrogens (primary N) is 1. The standard InChI is InChI=1S/C18H17ClFN3O2/c19-15-5-2-6-16(20)14(15)10-23(13-7-8-13)17(24)11-3-1-4-12(9-11)22-18(21)25/h1-6,9,13H,7-8,10H2,(H3,21,22,25). The number of carbonyl (C=O) groups is 2. The van der Waals surface area contributed by atoms with Crippen LogP contribution in [0.2, 0.25) is 5.02 Å². The Morgan fingerprint density at radius 2 is 1.96 bits per heavy atom. The van der Waals surface area contributed by atoms with Gasteiger partial charge in [0.05, 0.1) is 6.54 Å². The van der Waals surface area contributed by atoms with Crippen LogP contribution < -0.4 is 11.1 Å². The Balaban J connectivity index is 1.86. The average molecular weight is 362 g/mol. The van der Waals surface area contributed by atoms with Crippen molar-refractivity contribution in [1.29, 1.82) is 0 Å². The van der Waals surface area contributed by atoms with E-state index in [1.165, 1.54) is 12.1 Å². The number of amides is 3. The van der Waals surface area contributed by atoms with E-state index in [2.05, 4.69) is 5.32 Å². The van der Waals surface area contributed by atoms with Gasteiger partial charge in [-0.1, -0.05) is 23.7 Å². The zero-order chi connectivity index (χ0) is 18.0. The number of primary amides is 1. The van der Waals surface area contributed by atoms with E-state index in [4.69, 9.17) is 17.3 Å². The third kappa shape index (κ3) is 4.09. The van der Waals surface area contributed by atoms with Crippen LogP contribution in [0, 0.1) is 5.82 Å². The average Bonchev–Trinajstić information content (AvgIpc) is 3.38. The molecule has 2 aromatic rings. The van der Waals surface area contributed by atoms with Crippen molar-refractivity contribution in [2.75, 3.05) is 5.32 Å². The topological polar surface area (TPSA) is 75.4 Å². The van der Waals surface area contributed by atoms with Gasteiger partial charge in [-0.3, -0.25) is 4.79 Å². The lowest BCUT2D eigenvalue weighted by Crippen LogP contribution is -2.33. The minimum Gasteiger partial charge on any atom is -0.351 e. The highest BCUT2D eigenvalue weighted by Crippen LogP contribution is 2.32. The first-order valence-electron chi connectivity index (χ1n) is 7.86. The summed E-state index contributed by atoms with van der Waals surface area (Å²) < 4.78 is 14.1. The molecule has 0 saturated heterocycles. The third-order valence-corrected chi connectivity index (χ3v) is 4.37. The zero-order valence-electron chi connectivity index (χ0n) is 13.3. The van der Waals surface area contributed by atoms with Crippen molar-refractivity contribution < 1.29 is 14.0 Å². The van der Waals surface area contributed by atoms with Gasteiger partial charge in [-0.25, -0.2) is 9.18 Å². The summed E-state index contributed by atoms with van der Waals surface area (Å²) in [6.45, 7) is 0.0997. The second-order valence-electron chi connectivity index (χ2n) is 5.93. The minimum atomic E-state index is -0.707. The lowest BCUT2D eigenvalue weighted by atomic mass is 10.1. The van der Waals surface area contributed by atoms with Crippen molar-refractivity contribution in [3.8, 4) is 0 Å². The Hall–Kier alpha value is -2.60. The second kappa shape index (κ2) is 7.11. The molecule has 7 heteroatoms. The van der Waals surface area contributed by atoms with Gasteiger partial charge in [0.25, 0.3) is 5.91 Å². The largest absolute Gasteiger partial charge is 0.351 e. The molecule has 3 rings (SSSR count). The molecule has 25 heavy (non-hydrogen) atoms. The molecule has 0 bridgehead atoms. The van der Waals surface area contributed by atoms with Gasteiger partial charge >= 0.3 is 6.03 Å². The fraction of sp³-hybridized carbons (Fsp3) is 0.222. The molecule has 0 aliphatic heterocycles. The van der Waals surface area contributed by atoms with Crippen molar-refractivity contribution in [1.82, 2.24) is 4.90 Å². The second-order valence-corrected chi connectivity index (χ2v) is 6.34. The number of hydrogen-bond donors (Lipinski definition) is 2. The lowest BCUT2D eigenvalue weighted by Gasteiger charge is -2.23. The first kappa shape index (κ1) is 17.2. The Morgan fingerprint density at radius 3 is 2.60 bits per heavy atom. The number of carbonyl (C=O) groups excluding carboxylic acids is 2. The highest BCUT2D eigenvalue weighted by Gasteiger charge is 2.34. The molecule has 1 saturated carbocycles. The molecule has 0 aromatic heterocycles. The maximum absolute atomic E-state index is 14.1. The first-order valence-corrected chi connectivity index (χ1v) is 8.24. The van der Waals surface area contributed by atoms with Crippen LogP contribution in [0.4, 0.5) is 14.9 Å². The van der Waals surface area contributed by atoms with Crippen LogP contribution in [0.1, 0.15) is 28.8 Å². The minimum absolute atomic E-state index is 0.0657. The Labute approximate surface area is 149 Å². The van der Waals surface area contributed by atoms with Gasteiger partial charge in [-0.2, -0.15) is 0 Å². The number of nitrogens with one attached hydrogen (secondary N) is 1. The van der Waals surface area contributed by atoms with Crippen LogP contribution in [-0.2, 0) is 6.54 Å². The fourth-order valence-corrected chi connectivity index (χ4v) is 2.87. The Bertz CT molecular complexity index is 803. The monoisotopic (exact) mass is 361 g/mol.